The summed E-state index contributed by atoms with van der Waals surface area (Å²) in [7, 11) is 1.20. The largest absolute Gasteiger partial charge is 0.464 e. The van der Waals surface area contributed by atoms with Crippen LogP contribution in [0.2, 0.25) is 0 Å². The molecule has 2 saturated carbocycles. The number of aliphatic hydroxyl groups is 1. The first-order valence-electron chi connectivity index (χ1n) is 16.7. The van der Waals surface area contributed by atoms with Crippen molar-refractivity contribution < 1.29 is 29.7 Å². The minimum Gasteiger partial charge on any atom is -0.464 e. The summed E-state index contributed by atoms with van der Waals surface area (Å²) >= 11 is 0. The van der Waals surface area contributed by atoms with Crippen LogP contribution in [0.4, 0.5) is 16.4 Å². The van der Waals surface area contributed by atoms with Crippen LogP contribution >= 0.6 is 0 Å². The minimum atomic E-state index is -2.80. The van der Waals surface area contributed by atoms with E-state index in [1.54, 1.807) is 36.7 Å². The maximum atomic E-state index is 13.6. The van der Waals surface area contributed by atoms with Crippen LogP contribution in [0, 0.1) is 0 Å². The van der Waals surface area contributed by atoms with Gasteiger partial charge in [0, 0.05) is 41.0 Å². The lowest BCUT2D eigenvalue weighted by Gasteiger charge is -2.39. The Morgan fingerprint density at radius 3 is 2.77 bits per heavy atom. The van der Waals surface area contributed by atoms with Gasteiger partial charge in [0.25, 0.3) is 0 Å². The van der Waals surface area contributed by atoms with Crippen LogP contribution in [0.3, 0.4) is 0 Å². The van der Waals surface area contributed by atoms with Crippen LogP contribution in [0.1, 0.15) is 69.6 Å². The molecule has 14 heteroatoms. The zero-order valence-corrected chi connectivity index (χ0v) is 24.8. The molecule has 44 heavy (non-hydrogen) atoms. The Bertz CT molecular complexity index is 1950. The molecule has 2 fully saturated rings. The molecule has 14 nitrogen and oxygen atoms in total. The van der Waals surface area contributed by atoms with E-state index < -0.39 is 48.4 Å². The summed E-state index contributed by atoms with van der Waals surface area (Å²) in [6.07, 6.45) is 2.57. The Morgan fingerprint density at radius 1 is 1.27 bits per heavy atom. The molecule has 4 aromatic heterocycles. The molecule has 0 spiro atoms. The number of nitrogens with zero attached hydrogens (tertiary/aromatic N) is 6. The number of anilines is 2. The first kappa shape index (κ1) is 24.9. The molecule has 0 saturated heterocycles. The molecular weight excluding hydrogens is 568 g/mol. The molecule has 0 aromatic carbocycles. The predicted molar refractivity (Wildman–Crippen MR) is 162 cm³/mol. The number of carbonyl (C=O) groups is 2. The Morgan fingerprint density at radius 2 is 2.09 bits per heavy atom. The number of hydrogen-bond donors (Lipinski definition) is 3. The van der Waals surface area contributed by atoms with Crippen LogP contribution in [0.25, 0.3) is 22.1 Å². The second-order valence-corrected chi connectivity index (χ2v) is 11.4. The topological polar surface area (TPSA) is 167 Å². The second-order valence-electron chi connectivity index (χ2n) is 11.4. The highest BCUT2D eigenvalue weighted by atomic mass is 16.5. The zero-order chi connectivity index (χ0) is 34.6. The number of rotatable bonds is 9. The van der Waals surface area contributed by atoms with E-state index in [1.165, 1.54) is 17.9 Å². The Hall–Kier alpha value is -4.46. The van der Waals surface area contributed by atoms with E-state index in [4.69, 9.17) is 20.3 Å². The Balaban J connectivity index is 1.41. The third kappa shape index (κ3) is 5.06. The second kappa shape index (κ2) is 11.6. The van der Waals surface area contributed by atoms with Crippen molar-refractivity contribution in [3.63, 3.8) is 0 Å². The maximum Gasteiger partial charge on any atom is 0.407 e. The van der Waals surface area contributed by atoms with Crippen LogP contribution in [-0.2, 0) is 33.2 Å². The zero-order valence-electron chi connectivity index (χ0n) is 28.8. The van der Waals surface area contributed by atoms with Crippen molar-refractivity contribution >= 4 is 45.8 Å². The van der Waals surface area contributed by atoms with Gasteiger partial charge in [0.1, 0.15) is 11.6 Å². The van der Waals surface area contributed by atoms with Gasteiger partial charge in [-0.05, 0) is 64.5 Å². The lowest BCUT2D eigenvalue weighted by atomic mass is 9.77. The van der Waals surface area contributed by atoms with Gasteiger partial charge in [-0.1, -0.05) is 0 Å². The van der Waals surface area contributed by atoms with E-state index >= 15 is 0 Å². The van der Waals surface area contributed by atoms with Gasteiger partial charge >= 0.3 is 17.8 Å². The van der Waals surface area contributed by atoms with E-state index in [0.717, 1.165) is 6.42 Å². The maximum absolute atomic E-state index is 13.6. The molecule has 4 aromatic rings. The van der Waals surface area contributed by atoms with Crippen LogP contribution in [0.15, 0.2) is 29.2 Å². The molecule has 234 valence electrons. The molecular formula is C30H38N8O6. The van der Waals surface area contributed by atoms with Crippen molar-refractivity contribution in [3.05, 3.63) is 40.6 Å². The summed E-state index contributed by atoms with van der Waals surface area (Å²) in [5.74, 6) is 0.209. The number of pyridine rings is 2. The average Bonchev–Trinajstić information content (AvgIpc) is 3.62. The lowest BCUT2D eigenvalue weighted by molar-refractivity contribution is -0.159. The highest BCUT2D eigenvalue weighted by molar-refractivity contribution is 5.86. The number of carbonyl (C=O) groups excluding carboxylic acids is 2. The smallest absolute Gasteiger partial charge is 0.407 e. The number of alkyl carbamates (subject to hydrolysis) is 1. The van der Waals surface area contributed by atoms with Gasteiger partial charge in [0.2, 0.25) is 0 Å². The Kier molecular flexibility index (Phi) is 6.55. The van der Waals surface area contributed by atoms with E-state index in [-0.39, 0.29) is 42.7 Å². The van der Waals surface area contributed by atoms with E-state index in [1.807, 2.05) is 0 Å². The van der Waals surface area contributed by atoms with Gasteiger partial charge in [-0.2, -0.15) is 5.10 Å². The highest BCUT2D eigenvalue weighted by Gasteiger charge is 2.49. The summed E-state index contributed by atoms with van der Waals surface area (Å²) in [5, 5.41) is 21.2. The minimum absolute atomic E-state index is 0.0480. The number of ether oxygens (including phenoxy) is 2. The average molecular weight is 611 g/mol. The van der Waals surface area contributed by atoms with Gasteiger partial charge in [0.15, 0.2) is 11.2 Å². The van der Waals surface area contributed by atoms with Crippen LogP contribution in [0.5, 0.6) is 0 Å². The summed E-state index contributed by atoms with van der Waals surface area (Å²) < 4.78 is 46.6. The van der Waals surface area contributed by atoms with Gasteiger partial charge in [-0.15, -0.1) is 0 Å². The van der Waals surface area contributed by atoms with Crippen molar-refractivity contribution in [1.82, 2.24) is 34.2 Å². The monoisotopic (exact) mass is 610 g/mol. The van der Waals surface area contributed by atoms with Gasteiger partial charge in [0.05, 0.1) is 44.1 Å². The number of esters is 1. The predicted octanol–water partition coefficient (Wildman–Crippen LogP) is 3.04. The third-order valence-corrected chi connectivity index (χ3v) is 8.44. The first-order chi connectivity index (χ1) is 22.7. The number of fused-ring (bicyclic) bond motifs is 2. The summed E-state index contributed by atoms with van der Waals surface area (Å²) in [6.45, 7) is 0.818. The number of hydrogen-bond acceptors (Lipinski definition) is 10. The van der Waals surface area contributed by atoms with Gasteiger partial charge in [-0.3, -0.25) is 9.13 Å². The van der Waals surface area contributed by atoms with Crippen molar-refractivity contribution in [2.45, 2.75) is 82.5 Å². The summed E-state index contributed by atoms with van der Waals surface area (Å²) in [5.41, 5.74) is -0.422. The molecule has 1 amide bonds. The van der Waals surface area contributed by atoms with Crippen molar-refractivity contribution in [1.29, 1.82) is 0 Å². The molecule has 2 aliphatic rings. The number of amides is 1. The SMILES string of the molecule is [2H]C([2H])([2H])n1c(=O)n([C@@H]2CC[C@@]([2H])(NC(=O)OC)C2)c2cc(Nc3ccc4c(CC(C)O)nn(C5(C(=O)OCC)CCC5)c4n3)ncc21. The molecule has 0 radical (unpaired) electrons. The van der Waals surface area contributed by atoms with Crippen LogP contribution < -0.4 is 16.3 Å². The van der Waals surface area contributed by atoms with E-state index in [2.05, 4.69) is 20.4 Å². The van der Waals surface area contributed by atoms with Crippen molar-refractivity contribution in [2.75, 3.05) is 19.0 Å². The van der Waals surface area contributed by atoms with Crippen molar-refractivity contribution in [2.24, 2.45) is 6.98 Å². The molecule has 4 heterocycles. The number of aryl methyl sites for hydroxylation is 1. The summed E-state index contributed by atoms with van der Waals surface area (Å²) in [6, 6.07) is 3.05. The van der Waals surface area contributed by atoms with Crippen molar-refractivity contribution in [3.8, 4) is 0 Å². The molecule has 0 bridgehead atoms. The number of nitrogens with one attached hydrogen (secondary N) is 2. The van der Waals surface area contributed by atoms with E-state index in [0.29, 0.717) is 46.4 Å². The Labute approximate surface area is 259 Å². The highest BCUT2D eigenvalue weighted by Crippen LogP contribution is 2.42. The molecule has 3 atom stereocenters. The molecule has 3 N–H and O–H groups in total. The molecule has 6 rings (SSSR count). The quantitative estimate of drug-likeness (QED) is 0.240. The molecule has 2 aliphatic carbocycles. The fourth-order valence-electron chi connectivity index (χ4n) is 6.16. The van der Waals surface area contributed by atoms with Gasteiger partial charge in [-0.25, -0.2) is 29.0 Å². The summed E-state index contributed by atoms with van der Waals surface area (Å²) in [4.78, 5) is 47.9. The normalized spacial score (nSPS) is 23.2. The van der Waals surface area contributed by atoms with Crippen LogP contribution in [-0.4, -0.2) is 71.9 Å². The first-order valence-corrected chi connectivity index (χ1v) is 14.7. The lowest BCUT2D eigenvalue weighted by Crippen LogP contribution is -2.49. The van der Waals surface area contributed by atoms with Gasteiger partial charge < -0.3 is 25.2 Å². The number of methoxy groups -OCH3 is 1. The number of aliphatic hydroxyl groups excluding tert-OH is 1. The third-order valence-electron chi connectivity index (χ3n) is 8.44. The fourth-order valence-corrected chi connectivity index (χ4v) is 6.16. The number of aromatic nitrogens is 6. The fraction of sp³-hybridized carbons (Fsp3) is 0.533. The molecule has 0 aliphatic heterocycles. The number of imidazole rings is 1. The molecule has 1 unspecified atom stereocenters. The van der Waals surface area contributed by atoms with E-state index in [9.17, 15) is 19.5 Å². The standard InChI is InChI=1S/C30H38N8O6/c1-5-44-27(40)30(11-6-12-30)38-26-20(21(35-38)13-17(2)39)9-10-24(34-26)33-25-15-22-23(16-31-25)36(3)29(42)37(22)19-8-7-18(14-19)32-28(41)43-4/h9-10,15-19,39H,5-8,11-14H2,1-4H3,(H,32,41)(H,31,33,34)/t17?,18-,19-/m1/s1/i3D3,18D.